The lowest BCUT2D eigenvalue weighted by Gasteiger charge is -2.19. The van der Waals surface area contributed by atoms with Crippen molar-refractivity contribution in [2.24, 2.45) is 4.99 Å². The number of benzene rings is 1. The molecule has 0 aliphatic heterocycles. The first-order valence-electron chi connectivity index (χ1n) is 9.17. The molecule has 3 rings (SSSR count). The Morgan fingerprint density at radius 1 is 1.17 bits per heavy atom. The maximum absolute atomic E-state index is 10.4. The Kier molecular flexibility index (Phi) is 9.99. The summed E-state index contributed by atoms with van der Waals surface area (Å²) in [5.41, 5.74) is 1.16. The highest BCUT2D eigenvalue weighted by atomic mass is 127. The van der Waals surface area contributed by atoms with Gasteiger partial charge in [-0.25, -0.2) is 0 Å². The van der Waals surface area contributed by atoms with Gasteiger partial charge < -0.3 is 20.2 Å². The number of hydrogen-bond donors (Lipinski definition) is 3. The van der Waals surface area contributed by atoms with Crippen LogP contribution in [0.2, 0.25) is 4.34 Å². The lowest BCUT2D eigenvalue weighted by atomic mass is 10.1. The topological polar surface area (TPSA) is 69.8 Å². The van der Waals surface area contributed by atoms with Crippen LogP contribution in [-0.4, -0.2) is 24.2 Å². The van der Waals surface area contributed by atoms with Crippen LogP contribution in [0, 0.1) is 0 Å². The van der Waals surface area contributed by atoms with E-state index in [2.05, 4.69) is 34.7 Å². The zero-order chi connectivity index (χ0) is 19.8. The first kappa shape index (κ1) is 23.7. The van der Waals surface area contributed by atoms with Crippen molar-refractivity contribution in [1.82, 2.24) is 10.6 Å². The average molecular weight is 546 g/mol. The number of rotatable bonds is 8. The van der Waals surface area contributed by atoms with Crippen LogP contribution in [0.1, 0.15) is 35.3 Å². The van der Waals surface area contributed by atoms with Crippen LogP contribution in [0.4, 0.5) is 0 Å². The molecule has 5 nitrogen and oxygen atoms in total. The predicted octanol–water partition coefficient (Wildman–Crippen LogP) is 5.19. The van der Waals surface area contributed by atoms with Crippen molar-refractivity contribution >= 4 is 52.9 Å². The first-order valence-corrected chi connectivity index (χ1v) is 10.4. The molecule has 0 saturated heterocycles. The second kappa shape index (κ2) is 12.2. The number of aliphatic hydroxyl groups is 1. The molecular formula is C21H25ClIN3O2S. The summed E-state index contributed by atoms with van der Waals surface area (Å²) >= 11 is 7.33. The summed E-state index contributed by atoms with van der Waals surface area (Å²) in [7, 11) is 0. The molecule has 2 heterocycles. The van der Waals surface area contributed by atoms with Crippen LogP contribution in [0.5, 0.6) is 0 Å². The van der Waals surface area contributed by atoms with Gasteiger partial charge in [0.2, 0.25) is 0 Å². The lowest BCUT2D eigenvalue weighted by molar-refractivity contribution is 0.191. The minimum atomic E-state index is -0.687. The van der Waals surface area contributed by atoms with E-state index in [9.17, 15) is 5.11 Å². The molecule has 2 atom stereocenters. The molecule has 156 valence electrons. The van der Waals surface area contributed by atoms with Gasteiger partial charge in [-0.15, -0.1) is 35.3 Å². The normalized spacial score (nSPS) is 13.4. The van der Waals surface area contributed by atoms with Gasteiger partial charge in [0.1, 0.15) is 11.9 Å². The Bertz CT molecular complexity index is 871. The summed E-state index contributed by atoms with van der Waals surface area (Å²) in [4.78, 5) is 5.38. The van der Waals surface area contributed by atoms with E-state index in [0.29, 0.717) is 16.8 Å². The quantitative estimate of drug-likeness (QED) is 0.207. The molecule has 0 aliphatic rings. The molecule has 1 aromatic carbocycles. The molecule has 0 fully saturated rings. The van der Waals surface area contributed by atoms with Gasteiger partial charge in [-0.1, -0.05) is 41.9 Å². The van der Waals surface area contributed by atoms with E-state index >= 15 is 0 Å². The molecule has 0 radical (unpaired) electrons. The second-order valence-electron chi connectivity index (χ2n) is 6.38. The molecule has 2 unspecified atom stereocenters. The Hall–Kier alpha value is -1.55. The van der Waals surface area contributed by atoms with Crippen LogP contribution >= 0.6 is 46.9 Å². The highest BCUT2D eigenvalue weighted by Gasteiger charge is 2.12. The third-order valence-electron chi connectivity index (χ3n) is 4.24. The van der Waals surface area contributed by atoms with Gasteiger partial charge in [0, 0.05) is 17.8 Å². The van der Waals surface area contributed by atoms with Gasteiger partial charge in [-0.3, -0.25) is 4.99 Å². The smallest absolute Gasteiger partial charge is 0.191 e. The van der Waals surface area contributed by atoms with E-state index in [1.807, 2.05) is 36.4 Å². The number of nitrogens with zero attached hydrogens (tertiary/aromatic N) is 1. The van der Waals surface area contributed by atoms with Crippen LogP contribution in [0.25, 0.3) is 0 Å². The van der Waals surface area contributed by atoms with Gasteiger partial charge in [-0.2, -0.15) is 0 Å². The zero-order valence-corrected chi connectivity index (χ0v) is 19.9. The number of aliphatic imine (C=N–C) groups is 1. The van der Waals surface area contributed by atoms with Crippen molar-refractivity contribution in [2.75, 3.05) is 13.1 Å². The molecule has 0 aliphatic carbocycles. The lowest BCUT2D eigenvalue weighted by Crippen LogP contribution is -2.40. The molecule has 0 saturated carbocycles. The minimum absolute atomic E-state index is 0. The van der Waals surface area contributed by atoms with E-state index in [4.69, 9.17) is 16.0 Å². The molecule has 0 spiro atoms. The molecule has 3 N–H and O–H groups in total. The molecule has 0 amide bonds. The number of furan rings is 1. The van der Waals surface area contributed by atoms with Crippen molar-refractivity contribution < 1.29 is 9.52 Å². The van der Waals surface area contributed by atoms with Crippen LogP contribution in [0.15, 0.2) is 70.3 Å². The summed E-state index contributed by atoms with van der Waals surface area (Å²) in [5.74, 6) is 1.56. The molecule has 2 aromatic heterocycles. The molecule has 8 heteroatoms. The number of thiophene rings is 1. The highest BCUT2D eigenvalue weighted by molar-refractivity contribution is 14.0. The molecule has 3 aromatic rings. The van der Waals surface area contributed by atoms with E-state index in [0.717, 1.165) is 22.6 Å². The summed E-state index contributed by atoms with van der Waals surface area (Å²) in [6.07, 6.45) is 1.73. The molecule has 29 heavy (non-hydrogen) atoms. The zero-order valence-electron chi connectivity index (χ0n) is 16.0. The van der Waals surface area contributed by atoms with E-state index in [1.165, 1.54) is 11.3 Å². The Balaban J connectivity index is 0.00000300. The standard InChI is InChI=1S/C21H24ClN3O2S.HI/c1-15(16-6-3-2-4-7-16)25-21(23-12-11-17-8-5-13-27-17)24-14-18(26)19-9-10-20(22)28-19;/h2-10,13,15,18,26H,11-12,14H2,1H3,(H2,23,24,25);1H. The van der Waals surface area contributed by atoms with Gasteiger partial charge in [-0.05, 0) is 36.8 Å². The van der Waals surface area contributed by atoms with Crippen molar-refractivity contribution in [2.45, 2.75) is 25.5 Å². The van der Waals surface area contributed by atoms with Crippen molar-refractivity contribution in [3.8, 4) is 0 Å². The number of hydrogen-bond acceptors (Lipinski definition) is 4. The van der Waals surface area contributed by atoms with Gasteiger partial charge >= 0.3 is 0 Å². The van der Waals surface area contributed by atoms with Crippen LogP contribution < -0.4 is 10.6 Å². The Morgan fingerprint density at radius 2 is 1.97 bits per heavy atom. The minimum Gasteiger partial charge on any atom is -0.469 e. The molecular weight excluding hydrogens is 521 g/mol. The highest BCUT2D eigenvalue weighted by Crippen LogP contribution is 2.27. The maximum atomic E-state index is 10.4. The summed E-state index contributed by atoms with van der Waals surface area (Å²) in [6.45, 7) is 2.99. The molecule has 0 bridgehead atoms. The number of halogens is 2. The van der Waals surface area contributed by atoms with Gasteiger partial charge in [0.15, 0.2) is 5.96 Å². The summed E-state index contributed by atoms with van der Waals surface area (Å²) in [5, 5.41) is 17.1. The van der Waals surface area contributed by atoms with Crippen molar-refractivity contribution in [1.29, 1.82) is 0 Å². The first-order chi connectivity index (χ1) is 13.6. The van der Waals surface area contributed by atoms with Crippen molar-refractivity contribution in [3.05, 3.63) is 81.4 Å². The largest absolute Gasteiger partial charge is 0.469 e. The fourth-order valence-corrected chi connectivity index (χ4v) is 3.75. The number of nitrogens with one attached hydrogen (secondary N) is 2. The maximum Gasteiger partial charge on any atom is 0.191 e. The average Bonchev–Trinajstić information content (AvgIpc) is 3.38. The fraction of sp³-hybridized carbons (Fsp3) is 0.286. The van der Waals surface area contributed by atoms with Gasteiger partial charge in [0.05, 0.1) is 23.2 Å². The number of guanidine groups is 1. The third kappa shape index (κ3) is 7.65. The third-order valence-corrected chi connectivity index (χ3v) is 5.57. The number of aliphatic hydroxyl groups excluding tert-OH is 1. The Morgan fingerprint density at radius 3 is 2.62 bits per heavy atom. The van der Waals surface area contributed by atoms with Gasteiger partial charge in [0.25, 0.3) is 0 Å². The van der Waals surface area contributed by atoms with Crippen LogP contribution in [0.3, 0.4) is 0 Å². The predicted molar refractivity (Wildman–Crippen MR) is 130 cm³/mol. The van der Waals surface area contributed by atoms with E-state index < -0.39 is 6.10 Å². The Labute approximate surface area is 197 Å². The van der Waals surface area contributed by atoms with E-state index in [-0.39, 0.29) is 36.6 Å². The van der Waals surface area contributed by atoms with Crippen molar-refractivity contribution in [3.63, 3.8) is 0 Å². The SMILES string of the molecule is CC(NC(=NCC(O)c1ccc(Cl)s1)NCCc1ccco1)c1ccccc1.I. The van der Waals surface area contributed by atoms with Crippen LogP contribution in [-0.2, 0) is 6.42 Å². The monoisotopic (exact) mass is 545 g/mol. The summed E-state index contributed by atoms with van der Waals surface area (Å²) in [6, 6.07) is 17.7. The second-order valence-corrected chi connectivity index (χ2v) is 8.13. The summed E-state index contributed by atoms with van der Waals surface area (Å²) < 4.78 is 6.03. The van der Waals surface area contributed by atoms with E-state index in [1.54, 1.807) is 12.3 Å². The fourth-order valence-electron chi connectivity index (χ4n) is 2.72.